The fraction of sp³-hybridized carbons (Fsp3) is 0.464. The van der Waals surface area contributed by atoms with Crippen LogP contribution in [0.15, 0.2) is 60.7 Å². The van der Waals surface area contributed by atoms with Crippen LogP contribution in [0.2, 0.25) is 0 Å². The molecule has 0 saturated heterocycles. The van der Waals surface area contributed by atoms with Crippen molar-refractivity contribution in [2.24, 2.45) is 0 Å². The van der Waals surface area contributed by atoms with Crippen molar-refractivity contribution >= 4 is 18.3 Å². The van der Waals surface area contributed by atoms with Gasteiger partial charge < -0.3 is 19.3 Å². The fourth-order valence-electron chi connectivity index (χ4n) is 4.49. The lowest BCUT2D eigenvalue weighted by Crippen LogP contribution is -2.43. The molecule has 0 radical (unpaired) electrons. The Labute approximate surface area is 202 Å². The van der Waals surface area contributed by atoms with Gasteiger partial charge in [-0.3, -0.25) is 4.79 Å². The maximum atomic E-state index is 13.1. The first-order chi connectivity index (χ1) is 16.7. The zero-order valence-corrected chi connectivity index (χ0v) is 19.9. The highest BCUT2D eigenvalue weighted by Crippen LogP contribution is 2.22. The Hall–Kier alpha value is -3.15. The van der Waals surface area contributed by atoms with Crippen LogP contribution in [-0.2, 0) is 27.4 Å². The highest BCUT2D eigenvalue weighted by molar-refractivity contribution is 5.79. The topological polar surface area (TPSA) is 66.9 Å². The molecule has 182 valence electrons. The van der Waals surface area contributed by atoms with Crippen molar-refractivity contribution in [3.05, 3.63) is 71.8 Å². The third-order valence-corrected chi connectivity index (χ3v) is 6.43. The molecule has 34 heavy (non-hydrogen) atoms. The van der Waals surface area contributed by atoms with Crippen molar-refractivity contribution in [1.29, 1.82) is 0 Å². The second kappa shape index (κ2) is 14.2. The molecule has 1 aliphatic rings. The van der Waals surface area contributed by atoms with Crippen LogP contribution >= 0.6 is 0 Å². The SMILES string of the molecule is O=CCN(C(=O)CCN(CCc1ccccc1)C(=O)OCc1ccccc1)C1CCCCCC1. The number of amides is 2. The van der Waals surface area contributed by atoms with Crippen molar-refractivity contribution in [2.45, 2.75) is 64.0 Å². The third-order valence-electron chi connectivity index (χ3n) is 6.43. The second-order valence-corrected chi connectivity index (χ2v) is 8.87. The molecule has 0 N–H and O–H groups in total. The minimum atomic E-state index is -0.427. The Bertz CT molecular complexity index is 880. The lowest BCUT2D eigenvalue weighted by Gasteiger charge is -2.30. The predicted octanol–water partition coefficient (Wildman–Crippen LogP) is 5.01. The Morgan fingerprint density at radius 2 is 1.47 bits per heavy atom. The van der Waals surface area contributed by atoms with Gasteiger partial charge in [0.2, 0.25) is 5.91 Å². The monoisotopic (exact) mass is 464 g/mol. The maximum Gasteiger partial charge on any atom is 0.410 e. The number of carbonyl (C=O) groups is 3. The molecule has 0 aliphatic heterocycles. The van der Waals surface area contributed by atoms with Gasteiger partial charge in [-0.1, -0.05) is 86.3 Å². The molecular weight excluding hydrogens is 428 g/mol. The smallest absolute Gasteiger partial charge is 0.410 e. The summed E-state index contributed by atoms with van der Waals surface area (Å²) in [5, 5.41) is 0. The summed E-state index contributed by atoms with van der Waals surface area (Å²) in [7, 11) is 0. The molecule has 2 aromatic rings. The van der Waals surface area contributed by atoms with Crippen molar-refractivity contribution in [2.75, 3.05) is 19.6 Å². The van der Waals surface area contributed by atoms with Gasteiger partial charge in [-0.25, -0.2) is 4.79 Å². The molecule has 2 aromatic carbocycles. The van der Waals surface area contributed by atoms with Crippen molar-refractivity contribution < 1.29 is 19.1 Å². The first-order valence-corrected chi connectivity index (χ1v) is 12.4. The first kappa shape index (κ1) is 25.5. The molecule has 0 heterocycles. The molecule has 6 nitrogen and oxygen atoms in total. The normalized spacial score (nSPS) is 14.1. The van der Waals surface area contributed by atoms with E-state index in [1.807, 2.05) is 60.7 Å². The molecular formula is C28H36N2O4. The van der Waals surface area contributed by atoms with Crippen molar-refractivity contribution in [3.8, 4) is 0 Å². The Kier molecular flexibility index (Phi) is 10.6. The summed E-state index contributed by atoms with van der Waals surface area (Å²) in [4.78, 5) is 40.7. The summed E-state index contributed by atoms with van der Waals surface area (Å²) in [6.45, 7) is 1.03. The molecule has 3 rings (SSSR count). The number of aldehydes is 1. The zero-order chi connectivity index (χ0) is 24.0. The largest absolute Gasteiger partial charge is 0.445 e. The molecule has 1 aliphatic carbocycles. The zero-order valence-electron chi connectivity index (χ0n) is 19.9. The highest BCUT2D eigenvalue weighted by atomic mass is 16.6. The molecule has 0 spiro atoms. The standard InChI is InChI=1S/C28H36N2O4/c31-22-21-30(26-15-9-1-2-10-16-26)27(32)18-20-29(19-17-24-11-5-3-6-12-24)28(33)34-23-25-13-7-4-8-14-25/h3-8,11-14,22,26H,1-2,9-10,15-21,23H2. The van der Waals surface area contributed by atoms with Crippen LogP contribution < -0.4 is 0 Å². The van der Waals surface area contributed by atoms with Crippen LogP contribution in [0.25, 0.3) is 0 Å². The summed E-state index contributed by atoms with van der Waals surface area (Å²) in [6.07, 6.45) is 7.65. The minimum absolute atomic E-state index is 0.0698. The van der Waals surface area contributed by atoms with Crippen LogP contribution in [0, 0.1) is 0 Å². The van der Waals surface area contributed by atoms with Crippen molar-refractivity contribution in [3.63, 3.8) is 0 Å². The highest BCUT2D eigenvalue weighted by Gasteiger charge is 2.25. The average Bonchev–Trinajstić information content (AvgIpc) is 3.16. The molecule has 0 aromatic heterocycles. The second-order valence-electron chi connectivity index (χ2n) is 8.87. The molecule has 6 heteroatoms. The summed E-state index contributed by atoms with van der Waals surface area (Å²) in [5.41, 5.74) is 2.04. The number of rotatable bonds is 11. The predicted molar refractivity (Wildman–Crippen MR) is 132 cm³/mol. The Morgan fingerprint density at radius 3 is 2.09 bits per heavy atom. The van der Waals surface area contributed by atoms with Crippen molar-refractivity contribution in [1.82, 2.24) is 9.80 Å². The summed E-state index contributed by atoms with van der Waals surface area (Å²) < 4.78 is 5.56. The lowest BCUT2D eigenvalue weighted by atomic mass is 10.1. The van der Waals surface area contributed by atoms with Gasteiger partial charge >= 0.3 is 6.09 Å². The molecule has 1 fully saturated rings. The van der Waals surface area contributed by atoms with Gasteiger partial charge in [0.25, 0.3) is 0 Å². The Balaban J connectivity index is 1.61. The average molecular weight is 465 g/mol. The first-order valence-electron chi connectivity index (χ1n) is 12.4. The fourth-order valence-corrected chi connectivity index (χ4v) is 4.49. The molecule has 1 saturated carbocycles. The van der Waals surface area contributed by atoms with Gasteiger partial charge in [-0.15, -0.1) is 0 Å². The van der Waals surface area contributed by atoms with Gasteiger partial charge in [0.05, 0.1) is 6.54 Å². The van der Waals surface area contributed by atoms with E-state index < -0.39 is 6.09 Å². The molecule has 0 atom stereocenters. The maximum absolute atomic E-state index is 13.1. The van der Waals surface area contributed by atoms with E-state index in [0.29, 0.717) is 13.0 Å². The van der Waals surface area contributed by atoms with E-state index in [9.17, 15) is 14.4 Å². The van der Waals surface area contributed by atoms with Crippen LogP contribution in [0.1, 0.15) is 56.1 Å². The van der Waals surface area contributed by atoms with Gasteiger partial charge in [-0.2, -0.15) is 0 Å². The van der Waals surface area contributed by atoms with Crippen LogP contribution in [0.3, 0.4) is 0 Å². The van der Waals surface area contributed by atoms with E-state index in [0.717, 1.165) is 43.1 Å². The summed E-state index contributed by atoms with van der Waals surface area (Å²) >= 11 is 0. The number of benzene rings is 2. The lowest BCUT2D eigenvalue weighted by molar-refractivity contribution is -0.136. The van der Waals surface area contributed by atoms with Crippen LogP contribution in [-0.4, -0.2) is 53.8 Å². The molecule has 0 unspecified atom stereocenters. The number of hydrogen-bond acceptors (Lipinski definition) is 4. The van der Waals surface area contributed by atoms with E-state index in [4.69, 9.17) is 4.74 Å². The van der Waals surface area contributed by atoms with E-state index in [2.05, 4.69) is 0 Å². The summed E-state index contributed by atoms with van der Waals surface area (Å²) in [5.74, 6) is -0.0698. The number of ether oxygens (including phenoxy) is 1. The number of nitrogens with zero attached hydrogens (tertiary/aromatic N) is 2. The van der Waals surface area contributed by atoms with E-state index >= 15 is 0 Å². The molecule has 0 bridgehead atoms. The van der Waals surface area contributed by atoms with Crippen LogP contribution in [0.5, 0.6) is 0 Å². The minimum Gasteiger partial charge on any atom is -0.445 e. The number of carbonyl (C=O) groups excluding carboxylic acids is 3. The van der Waals surface area contributed by atoms with E-state index in [1.54, 1.807) is 9.80 Å². The Morgan fingerprint density at radius 1 is 0.853 bits per heavy atom. The van der Waals surface area contributed by atoms with Gasteiger partial charge in [0, 0.05) is 25.6 Å². The number of hydrogen-bond donors (Lipinski definition) is 0. The van der Waals surface area contributed by atoms with Gasteiger partial charge in [0.15, 0.2) is 0 Å². The van der Waals surface area contributed by atoms with Gasteiger partial charge in [0.1, 0.15) is 12.9 Å². The van der Waals surface area contributed by atoms with Gasteiger partial charge in [-0.05, 0) is 30.4 Å². The van der Waals surface area contributed by atoms with Crippen LogP contribution in [0.4, 0.5) is 4.79 Å². The molecule has 2 amide bonds. The van der Waals surface area contributed by atoms with E-state index in [-0.39, 0.29) is 38.1 Å². The van der Waals surface area contributed by atoms with E-state index in [1.165, 1.54) is 12.8 Å². The third kappa shape index (κ3) is 8.32. The quantitative estimate of drug-likeness (QED) is 0.346. The summed E-state index contributed by atoms with van der Waals surface area (Å²) in [6, 6.07) is 19.6.